The van der Waals surface area contributed by atoms with Crippen LogP contribution in [0.3, 0.4) is 0 Å². The topological polar surface area (TPSA) is 35.5 Å². The third-order valence-corrected chi connectivity index (χ3v) is 4.95. The van der Waals surface area contributed by atoms with Gasteiger partial charge in [0.05, 0.1) is 12.7 Å². The fraction of sp³-hybridized carbons (Fsp3) is 0.0741. The molecule has 0 aliphatic heterocycles. The molecule has 0 atom stereocenters. The number of hydrogen-bond donors (Lipinski definition) is 0. The van der Waals surface area contributed by atoms with E-state index in [1.165, 1.54) is 7.11 Å². The number of hydrogen-bond acceptors (Lipinski definition) is 3. The summed E-state index contributed by atoms with van der Waals surface area (Å²) in [5, 5.41) is 0. The first kappa shape index (κ1) is 19.5. The molecule has 4 rings (SSSR count). The van der Waals surface area contributed by atoms with Crippen LogP contribution in [-0.2, 0) is 4.74 Å². The maximum atomic E-state index is 11.6. The number of carbonyl (C=O) groups is 1. The van der Waals surface area contributed by atoms with Gasteiger partial charge in [0.15, 0.2) is 0 Å². The SMILES string of the molecule is COC(=O)c1ccc(-c2ccc(OC(c3ccccc3)c3ccccc3)cc2)cc1. The van der Waals surface area contributed by atoms with Crippen LogP contribution in [0.2, 0.25) is 0 Å². The van der Waals surface area contributed by atoms with Crippen molar-refractivity contribution in [2.75, 3.05) is 7.11 Å². The lowest BCUT2D eigenvalue weighted by atomic mass is 10.0. The molecule has 4 aromatic carbocycles. The van der Waals surface area contributed by atoms with Crippen molar-refractivity contribution in [3.8, 4) is 16.9 Å². The molecule has 0 spiro atoms. The van der Waals surface area contributed by atoms with Crippen molar-refractivity contribution in [2.45, 2.75) is 6.10 Å². The molecule has 0 aliphatic carbocycles. The highest BCUT2D eigenvalue weighted by Gasteiger charge is 2.15. The van der Waals surface area contributed by atoms with E-state index in [1.807, 2.05) is 72.8 Å². The van der Waals surface area contributed by atoms with Gasteiger partial charge in [0.25, 0.3) is 0 Å². The van der Waals surface area contributed by atoms with Crippen LogP contribution in [-0.4, -0.2) is 13.1 Å². The largest absolute Gasteiger partial charge is 0.481 e. The highest BCUT2D eigenvalue weighted by molar-refractivity contribution is 5.89. The summed E-state index contributed by atoms with van der Waals surface area (Å²) in [6.45, 7) is 0. The Morgan fingerprint density at radius 1 is 0.633 bits per heavy atom. The predicted molar refractivity (Wildman–Crippen MR) is 119 cm³/mol. The number of benzene rings is 4. The fourth-order valence-electron chi connectivity index (χ4n) is 3.36. The normalized spacial score (nSPS) is 10.6. The van der Waals surface area contributed by atoms with Gasteiger partial charge in [0, 0.05) is 0 Å². The van der Waals surface area contributed by atoms with Crippen molar-refractivity contribution in [3.05, 3.63) is 126 Å². The molecular weight excluding hydrogens is 372 g/mol. The van der Waals surface area contributed by atoms with Crippen LogP contribution < -0.4 is 4.74 Å². The van der Waals surface area contributed by atoms with Gasteiger partial charge in [-0.05, 0) is 46.5 Å². The van der Waals surface area contributed by atoms with Crippen LogP contribution in [0.25, 0.3) is 11.1 Å². The molecule has 4 aromatic rings. The Morgan fingerprint density at radius 2 is 1.10 bits per heavy atom. The van der Waals surface area contributed by atoms with Crippen molar-refractivity contribution in [1.29, 1.82) is 0 Å². The Balaban J connectivity index is 1.56. The van der Waals surface area contributed by atoms with Gasteiger partial charge in [-0.3, -0.25) is 0 Å². The minimum atomic E-state index is -0.335. The van der Waals surface area contributed by atoms with Crippen LogP contribution in [0, 0.1) is 0 Å². The average Bonchev–Trinajstić information content (AvgIpc) is 2.83. The zero-order valence-corrected chi connectivity index (χ0v) is 16.7. The average molecular weight is 394 g/mol. The summed E-state index contributed by atoms with van der Waals surface area (Å²) in [4.78, 5) is 11.6. The molecule has 0 fully saturated rings. The maximum Gasteiger partial charge on any atom is 0.337 e. The fourth-order valence-corrected chi connectivity index (χ4v) is 3.36. The molecule has 3 nitrogen and oxygen atoms in total. The summed E-state index contributed by atoms with van der Waals surface area (Å²) in [7, 11) is 1.38. The molecule has 0 aliphatic rings. The lowest BCUT2D eigenvalue weighted by molar-refractivity contribution is 0.0601. The Morgan fingerprint density at radius 3 is 1.57 bits per heavy atom. The van der Waals surface area contributed by atoms with E-state index in [4.69, 9.17) is 9.47 Å². The molecule has 0 saturated heterocycles. The summed E-state index contributed by atoms with van der Waals surface area (Å²) in [5.41, 5.74) is 4.82. The van der Waals surface area contributed by atoms with Crippen LogP contribution in [0.4, 0.5) is 0 Å². The van der Waals surface area contributed by atoms with Crippen molar-refractivity contribution in [3.63, 3.8) is 0 Å². The molecule has 0 bridgehead atoms. The molecule has 0 aromatic heterocycles. The van der Waals surface area contributed by atoms with Gasteiger partial charge in [-0.1, -0.05) is 84.9 Å². The first-order valence-corrected chi connectivity index (χ1v) is 9.80. The molecule has 0 saturated carbocycles. The lowest BCUT2D eigenvalue weighted by Crippen LogP contribution is -2.09. The molecule has 148 valence electrons. The molecule has 3 heteroatoms. The first-order chi connectivity index (χ1) is 14.7. The zero-order valence-electron chi connectivity index (χ0n) is 16.7. The van der Waals surface area contributed by atoms with Gasteiger partial charge in [-0.2, -0.15) is 0 Å². The number of esters is 1. The number of methoxy groups -OCH3 is 1. The Bertz CT molecular complexity index is 1050. The van der Waals surface area contributed by atoms with Gasteiger partial charge in [-0.25, -0.2) is 4.79 Å². The molecule has 0 N–H and O–H groups in total. The van der Waals surface area contributed by atoms with Crippen LogP contribution in [0.5, 0.6) is 5.75 Å². The van der Waals surface area contributed by atoms with Gasteiger partial charge in [0.2, 0.25) is 0 Å². The second-order valence-electron chi connectivity index (χ2n) is 6.91. The summed E-state index contributed by atoms with van der Waals surface area (Å²) in [6.07, 6.45) is -0.183. The van der Waals surface area contributed by atoms with Crippen molar-refractivity contribution >= 4 is 5.97 Å². The Labute approximate surface area is 176 Å². The third-order valence-electron chi connectivity index (χ3n) is 4.95. The molecule has 0 radical (unpaired) electrons. The second kappa shape index (κ2) is 9.10. The summed E-state index contributed by atoms with van der Waals surface area (Å²) >= 11 is 0. The Hall–Kier alpha value is -3.85. The minimum Gasteiger partial charge on any atom is -0.481 e. The van der Waals surface area contributed by atoms with E-state index in [9.17, 15) is 4.79 Å². The van der Waals surface area contributed by atoms with Crippen LogP contribution in [0.1, 0.15) is 27.6 Å². The Kier molecular flexibility index (Phi) is 5.90. The van der Waals surface area contributed by atoms with Gasteiger partial charge in [-0.15, -0.1) is 0 Å². The molecular formula is C27H22O3. The highest BCUT2D eigenvalue weighted by atomic mass is 16.5. The monoisotopic (exact) mass is 394 g/mol. The number of ether oxygens (including phenoxy) is 2. The van der Waals surface area contributed by atoms with Crippen molar-refractivity contribution in [2.24, 2.45) is 0 Å². The van der Waals surface area contributed by atoms with E-state index in [0.29, 0.717) is 5.56 Å². The second-order valence-corrected chi connectivity index (χ2v) is 6.91. The van der Waals surface area contributed by atoms with Gasteiger partial charge in [0.1, 0.15) is 11.9 Å². The minimum absolute atomic E-state index is 0.183. The van der Waals surface area contributed by atoms with E-state index in [-0.39, 0.29) is 12.1 Å². The van der Waals surface area contributed by atoms with Crippen LogP contribution in [0.15, 0.2) is 109 Å². The zero-order chi connectivity index (χ0) is 20.8. The first-order valence-electron chi connectivity index (χ1n) is 9.80. The smallest absolute Gasteiger partial charge is 0.337 e. The van der Waals surface area contributed by atoms with Crippen molar-refractivity contribution in [1.82, 2.24) is 0 Å². The van der Waals surface area contributed by atoms with Crippen molar-refractivity contribution < 1.29 is 14.3 Å². The van der Waals surface area contributed by atoms with Gasteiger partial charge < -0.3 is 9.47 Å². The molecule has 0 amide bonds. The van der Waals surface area contributed by atoms with E-state index >= 15 is 0 Å². The lowest BCUT2D eigenvalue weighted by Gasteiger charge is -2.20. The third kappa shape index (κ3) is 4.41. The number of carbonyl (C=O) groups excluding carboxylic acids is 1. The molecule has 0 unspecified atom stereocenters. The highest BCUT2D eigenvalue weighted by Crippen LogP contribution is 2.30. The standard InChI is InChI=1S/C27H22O3/c1-29-27(28)24-14-12-20(13-15-24)21-16-18-25(19-17-21)30-26(22-8-4-2-5-9-22)23-10-6-3-7-11-23/h2-19,26H,1H3. The quantitative estimate of drug-likeness (QED) is 0.360. The van der Waals surface area contributed by atoms with E-state index in [2.05, 4.69) is 24.3 Å². The van der Waals surface area contributed by atoms with E-state index < -0.39 is 0 Å². The number of rotatable bonds is 6. The maximum absolute atomic E-state index is 11.6. The summed E-state index contributed by atoms with van der Waals surface area (Å²) in [5.74, 6) is 0.459. The summed E-state index contributed by atoms with van der Waals surface area (Å²) < 4.78 is 11.1. The van der Waals surface area contributed by atoms with Gasteiger partial charge >= 0.3 is 5.97 Å². The molecule has 30 heavy (non-hydrogen) atoms. The van der Waals surface area contributed by atoms with E-state index in [0.717, 1.165) is 28.0 Å². The summed E-state index contributed by atoms with van der Waals surface area (Å²) in [6, 6.07) is 35.8. The predicted octanol–water partition coefficient (Wildman–Crippen LogP) is 6.31. The van der Waals surface area contributed by atoms with E-state index in [1.54, 1.807) is 12.1 Å². The molecule has 0 heterocycles. The van der Waals surface area contributed by atoms with Crippen LogP contribution >= 0.6 is 0 Å².